The van der Waals surface area contributed by atoms with Gasteiger partial charge in [-0.05, 0) is 33.1 Å². The largest absolute Gasteiger partial charge is 0.373 e. The zero-order valence-electron chi connectivity index (χ0n) is 8.41. The van der Waals surface area contributed by atoms with Gasteiger partial charge in [0.05, 0.1) is 18.8 Å². The van der Waals surface area contributed by atoms with E-state index in [1.165, 1.54) is 13.3 Å². The van der Waals surface area contributed by atoms with Gasteiger partial charge in [0.25, 0.3) is 0 Å². The number of carbonyl (C=O) groups excluding carboxylic acids is 1. The molecule has 0 radical (unpaired) electrons. The van der Waals surface area contributed by atoms with Gasteiger partial charge in [-0.25, -0.2) is 0 Å². The Bertz CT molecular complexity index is 168. The predicted molar refractivity (Wildman–Crippen MR) is 49.7 cm³/mol. The summed E-state index contributed by atoms with van der Waals surface area (Å²) in [5.74, 6) is 0.0730. The monoisotopic (exact) mass is 186 g/mol. The number of hydrogen-bond acceptors (Lipinski definition) is 3. The molecule has 2 unspecified atom stereocenters. The van der Waals surface area contributed by atoms with Crippen molar-refractivity contribution < 1.29 is 14.3 Å². The molecule has 2 atom stereocenters. The van der Waals surface area contributed by atoms with Gasteiger partial charge in [0.1, 0.15) is 6.61 Å². The van der Waals surface area contributed by atoms with Gasteiger partial charge in [-0.15, -0.1) is 0 Å². The Labute approximate surface area is 79.4 Å². The highest BCUT2D eigenvalue weighted by Gasteiger charge is 2.18. The standard InChI is InChI=1S/C10H18O3/c1-8(11)6-12-7-10-5-3-4-9(2)13-10/h9-10H,3-7H2,1-2H3. The molecule has 0 bridgehead atoms. The third-order valence-corrected chi connectivity index (χ3v) is 2.17. The molecule has 1 rings (SSSR count). The van der Waals surface area contributed by atoms with E-state index in [1.807, 2.05) is 0 Å². The summed E-state index contributed by atoms with van der Waals surface area (Å²) in [5, 5.41) is 0. The molecule has 3 heteroatoms. The van der Waals surface area contributed by atoms with E-state index in [0.717, 1.165) is 12.8 Å². The zero-order chi connectivity index (χ0) is 9.68. The van der Waals surface area contributed by atoms with Crippen LogP contribution in [0.15, 0.2) is 0 Å². The van der Waals surface area contributed by atoms with Crippen molar-refractivity contribution in [1.29, 1.82) is 0 Å². The number of rotatable bonds is 4. The first-order valence-corrected chi connectivity index (χ1v) is 4.91. The second-order valence-corrected chi connectivity index (χ2v) is 3.72. The molecule has 0 saturated carbocycles. The van der Waals surface area contributed by atoms with Crippen LogP contribution in [0, 0.1) is 0 Å². The molecule has 13 heavy (non-hydrogen) atoms. The van der Waals surface area contributed by atoms with Crippen molar-refractivity contribution in [3.05, 3.63) is 0 Å². The van der Waals surface area contributed by atoms with Crippen LogP contribution in [0.2, 0.25) is 0 Å². The molecule has 3 nitrogen and oxygen atoms in total. The lowest BCUT2D eigenvalue weighted by Crippen LogP contribution is -2.29. The number of hydrogen-bond donors (Lipinski definition) is 0. The summed E-state index contributed by atoms with van der Waals surface area (Å²) in [5.41, 5.74) is 0. The van der Waals surface area contributed by atoms with Gasteiger partial charge in [0.15, 0.2) is 5.78 Å². The summed E-state index contributed by atoms with van der Waals surface area (Å²) < 4.78 is 10.8. The van der Waals surface area contributed by atoms with E-state index in [2.05, 4.69) is 6.92 Å². The topological polar surface area (TPSA) is 35.5 Å². The van der Waals surface area contributed by atoms with Gasteiger partial charge in [-0.1, -0.05) is 0 Å². The maximum atomic E-state index is 10.6. The molecule has 0 aromatic carbocycles. The molecule has 1 saturated heterocycles. The minimum Gasteiger partial charge on any atom is -0.373 e. The number of carbonyl (C=O) groups is 1. The average Bonchev–Trinajstić information content (AvgIpc) is 2.03. The highest BCUT2D eigenvalue weighted by atomic mass is 16.5. The third-order valence-electron chi connectivity index (χ3n) is 2.17. The molecule has 1 heterocycles. The second-order valence-electron chi connectivity index (χ2n) is 3.72. The molecule has 0 N–H and O–H groups in total. The van der Waals surface area contributed by atoms with Crippen LogP contribution in [0.4, 0.5) is 0 Å². The maximum Gasteiger partial charge on any atom is 0.155 e. The molecule has 0 aromatic heterocycles. The second kappa shape index (κ2) is 5.35. The van der Waals surface area contributed by atoms with E-state index in [9.17, 15) is 4.79 Å². The van der Waals surface area contributed by atoms with Gasteiger partial charge < -0.3 is 9.47 Å². The molecule has 1 fully saturated rings. The molecule has 1 aliphatic heterocycles. The molecule has 0 amide bonds. The lowest BCUT2D eigenvalue weighted by molar-refractivity contribution is -0.125. The van der Waals surface area contributed by atoms with Crippen molar-refractivity contribution in [2.75, 3.05) is 13.2 Å². The Hall–Kier alpha value is -0.410. The van der Waals surface area contributed by atoms with Crippen molar-refractivity contribution in [3.63, 3.8) is 0 Å². The van der Waals surface area contributed by atoms with Crippen molar-refractivity contribution in [3.8, 4) is 0 Å². The quantitative estimate of drug-likeness (QED) is 0.668. The summed E-state index contributed by atoms with van der Waals surface area (Å²) >= 11 is 0. The van der Waals surface area contributed by atoms with Crippen LogP contribution in [-0.2, 0) is 14.3 Å². The van der Waals surface area contributed by atoms with Gasteiger partial charge in [-0.2, -0.15) is 0 Å². The fourth-order valence-electron chi connectivity index (χ4n) is 1.55. The molecule has 0 aromatic rings. The highest BCUT2D eigenvalue weighted by Crippen LogP contribution is 2.18. The minimum absolute atomic E-state index is 0.0730. The van der Waals surface area contributed by atoms with Crippen LogP contribution in [0.1, 0.15) is 33.1 Å². The smallest absolute Gasteiger partial charge is 0.155 e. The minimum atomic E-state index is 0.0730. The Balaban J connectivity index is 2.10. The van der Waals surface area contributed by atoms with E-state index in [0.29, 0.717) is 12.7 Å². The van der Waals surface area contributed by atoms with Crippen molar-refractivity contribution >= 4 is 5.78 Å². The van der Waals surface area contributed by atoms with Crippen LogP contribution < -0.4 is 0 Å². The Kier molecular flexibility index (Phi) is 4.39. The first-order valence-electron chi connectivity index (χ1n) is 4.91. The summed E-state index contributed by atoms with van der Waals surface area (Å²) in [6.45, 7) is 4.39. The average molecular weight is 186 g/mol. The fourth-order valence-corrected chi connectivity index (χ4v) is 1.55. The zero-order valence-corrected chi connectivity index (χ0v) is 8.41. The van der Waals surface area contributed by atoms with E-state index in [4.69, 9.17) is 9.47 Å². The summed E-state index contributed by atoms with van der Waals surface area (Å²) in [4.78, 5) is 10.6. The van der Waals surface area contributed by atoms with Crippen LogP contribution >= 0.6 is 0 Å². The lowest BCUT2D eigenvalue weighted by Gasteiger charge is -2.27. The van der Waals surface area contributed by atoms with Gasteiger partial charge in [0.2, 0.25) is 0 Å². The van der Waals surface area contributed by atoms with Gasteiger partial charge in [-0.3, -0.25) is 4.79 Å². The highest BCUT2D eigenvalue weighted by molar-refractivity contribution is 5.76. The SMILES string of the molecule is CC(=O)COCC1CCCC(C)O1. The van der Waals surface area contributed by atoms with Crippen LogP contribution in [0.25, 0.3) is 0 Å². The first kappa shape index (κ1) is 10.7. The number of ketones is 1. The predicted octanol–water partition coefficient (Wildman–Crippen LogP) is 1.55. The summed E-state index contributed by atoms with van der Waals surface area (Å²) in [6.07, 6.45) is 3.95. The molecular weight excluding hydrogens is 168 g/mol. The summed E-state index contributed by atoms with van der Waals surface area (Å²) in [7, 11) is 0. The normalized spacial score (nSPS) is 28.8. The first-order chi connectivity index (χ1) is 6.18. The third kappa shape index (κ3) is 4.39. The number of ether oxygens (including phenoxy) is 2. The lowest BCUT2D eigenvalue weighted by atomic mass is 10.1. The maximum absolute atomic E-state index is 10.6. The van der Waals surface area contributed by atoms with E-state index < -0.39 is 0 Å². The van der Waals surface area contributed by atoms with Crippen LogP contribution in [0.5, 0.6) is 0 Å². The summed E-state index contributed by atoms with van der Waals surface area (Å²) in [6, 6.07) is 0. The van der Waals surface area contributed by atoms with E-state index >= 15 is 0 Å². The molecular formula is C10H18O3. The Morgan fingerprint density at radius 2 is 2.31 bits per heavy atom. The van der Waals surface area contributed by atoms with E-state index in [-0.39, 0.29) is 18.5 Å². The number of Topliss-reactive ketones (excluding diaryl/α,β-unsaturated/α-hetero) is 1. The molecule has 0 spiro atoms. The molecule has 1 aliphatic rings. The molecule has 0 aliphatic carbocycles. The molecule has 76 valence electrons. The van der Waals surface area contributed by atoms with E-state index in [1.54, 1.807) is 0 Å². The van der Waals surface area contributed by atoms with Crippen molar-refractivity contribution in [2.45, 2.75) is 45.3 Å². The van der Waals surface area contributed by atoms with Crippen molar-refractivity contribution in [2.24, 2.45) is 0 Å². The van der Waals surface area contributed by atoms with Gasteiger partial charge >= 0.3 is 0 Å². The Morgan fingerprint density at radius 1 is 1.54 bits per heavy atom. The van der Waals surface area contributed by atoms with Crippen molar-refractivity contribution in [1.82, 2.24) is 0 Å². The Morgan fingerprint density at radius 3 is 2.92 bits per heavy atom. The van der Waals surface area contributed by atoms with Gasteiger partial charge in [0, 0.05) is 0 Å². The van der Waals surface area contributed by atoms with Crippen LogP contribution in [-0.4, -0.2) is 31.2 Å². The fraction of sp³-hybridized carbons (Fsp3) is 0.900. The van der Waals surface area contributed by atoms with Crippen LogP contribution in [0.3, 0.4) is 0 Å².